The van der Waals surface area contributed by atoms with E-state index in [9.17, 15) is 14.9 Å². The molecule has 1 aromatic carbocycles. The van der Waals surface area contributed by atoms with Crippen LogP contribution in [0.5, 0.6) is 0 Å². The van der Waals surface area contributed by atoms with Crippen LogP contribution in [0.4, 0.5) is 5.69 Å². The van der Waals surface area contributed by atoms with Gasteiger partial charge in [0.05, 0.1) is 11.5 Å². The van der Waals surface area contributed by atoms with Crippen LogP contribution in [-0.2, 0) is 4.74 Å². The van der Waals surface area contributed by atoms with E-state index in [1.165, 1.54) is 17.8 Å². The summed E-state index contributed by atoms with van der Waals surface area (Å²) in [7, 11) is 0. The van der Waals surface area contributed by atoms with Gasteiger partial charge in [-0.1, -0.05) is 6.07 Å². The Labute approximate surface area is 96.9 Å². The van der Waals surface area contributed by atoms with Crippen molar-refractivity contribution < 1.29 is 14.5 Å². The molecule has 0 fully saturated rings. The summed E-state index contributed by atoms with van der Waals surface area (Å²) in [6, 6.07) is 4.50. The first-order chi connectivity index (χ1) is 7.61. The Bertz CT molecular complexity index is 419. The van der Waals surface area contributed by atoms with Crippen LogP contribution >= 0.6 is 11.8 Å². The van der Waals surface area contributed by atoms with Crippen molar-refractivity contribution in [1.29, 1.82) is 0 Å². The Hall–Kier alpha value is -1.56. The summed E-state index contributed by atoms with van der Waals surface area (Å²) in [5.74, 6) is -0.654. The zero-order valence-electron chi connectivity index (χ0n) is 8.93. The number of carbonyl (C=O) groups is 1. The van der Waals surface area contributed by atoms with Crippen LogP contribution in [0.3, 0.4) is 0 Å². The number of hydrogen-bond donors (Lipinski definition) is 0. The third-order valence-electron chi connectivity index (χ3n) is 1.90. The average molecular weight is 241 g/mol. The van der Waals surface area contributed by atoms with E-state index in [1.807, 2.05) is 0 Å². The lowest BCUT2D eigenvalue weighted by Gasteiger charge is -2.06. The molecule has 0 aliphatic carbocycles. The van der Waals surface area contributed by atoms with Crippen molar-refractivity contribution in [3.05, 3.63) is 33.9 Å². The molecular weight excluding hydrogens is 230 g/mol. The zero-order chi connectivity index (χ0) is 12.1. The fourth-order valence-electron chi connectivity index (χ4n) is 1.25. The SMILES string of the molecule is CCOC(=O)c1c(SC)cccc1[N+](=O)[O-]. The first kappa shape index (κ1) is 12.5. The number of carbonyl (C=O) groups excluding carboxylic acids is 1. The molecule has 0 N–H and O–H groups in total. The van der Waals surface area contributed by atoms with E-state index >= 15 is 0 Å². The fourth-order valence-corrected chi connectivity index (χ4v) is 1.86. The number of nitro benzene ring substituents is 1. The van der Waals surface area contributed by atoms with Crippen molar-refractivity contribution in [2.45, 2.75) is 11.8 Å². The first-order valence-electron chi connectivity index (χ1n) is 4.60. The van der Waals surface area contributed by atoms with Gasteiger partial charge in [-0.2, -0.15) is 0 Å². The molecule has 0 aliphatic rings. The van der Waals surface area contributed by atoms with Crippen LogP contribution in [0.1, 0.15) is 17.3 Å². The smallest absolute Gasteiger partial charge is 0.346 e. The highest BCUT2D eigenvalue weighted by Gasteiger charge is 2.24. The van der Waals surface area contributed by atoms with Crippen molar-refractivity contribution in [2.24, 2.45) is 0 Å². The van der Waals surface area contributed by atoms with Gasteiger partial charge in [0.15, 0.2) is 5.56 Å². The normalized spacial score (nSPS) is 9.88. The third kappa shape index (κ3) is 2.52. The Morgan fingerprint density at radius 3 is 2.75 bits per heavy atom. The Morgan fingerprint density at radius 1 is 1.56 bits per heavy atom. The topological polar surface area (TPSA) is 69.4 Å². The van der Waals surface area contributed by atoms with E-state index in [1.54, 1.807) is 25.3 Å². The quantitative estimate of drug-likeness (QED) is 0.350. The second-order valence-corrected chi connectivity index (χ2v) is 3.68. The van der Waals surface area contributed by atoms with Gasteiger partial charge in [0.1, 0.15) is 0 Å². The molecule has 0 amide bonds. The van der Waals surface area contributed by atoms with Crippen LogP contribution in [0.15, 0.2) is 23.1 Å². The lowest BCUT2D eigenvalue weighted by molar-refractivity contribution is -0.385. The Balaban J connectivity index is 3.30. The van der Waals surface area contributed by atoms with Crippen molar-refractivity contribution in [3.63, 3.8) is 0 Å². The molecular formula is C10H11NO4S. The largest absolute Gasteiger partial charge is 0.462 e. The molecule has 6 heteroatoms. The molecule has 1 rings (SSSR count). The molecule has 0 unspecified atom stereocenters. The minimum atomic E-state index is -0.654. The van der Waals surface area contributed by atoms with Crippen molar-refractivity contribution >= 4 is 23.4 Å². The second kappa shape index (κ2) is 5.50. The number of benzene rings is 1. The first-order valence-corrected chi connectivity index (χ1v) is 5.82. The Kier molecular flexibility index (Phi) is 4.30. The molecule has 86 valence electrons. The van der Waals surface area contributed by atoms with Gasteiger partial charge in [0, 0.05) is 11.0 Å². The third-order valence-corrected chi connectivity index (χ3v) is 2.68. The summed E-state index contributed by atoms with van der Waals surface area (Å²) in [5.41, 5.74) is -0.188. The van der Waals surface area contributed by atoms with Gasteiger partial charge in [0.2, 0.25) is 0 Å². The van der Waals surface area contributed by atoms with Crippen LogP contribution < -0.4 is 0 Å². The summed E-state index contributed by atoms with van der Waals surface area (Å²) < 4.78 is 4.80. The molecule has 0 aromatic heterocycles. The molecule has 0 heterocycles. The van der Waals surface area contributed by atoms with Gasteiger partial charge in [0.25, 0.3) is 5.69 Å². The fraction of sp³-hybridized carbons (Fsp3) is 0.300. The summed E-state index contributed by atoms with van der Waals surface area (Å²) in [4.78, 5) is 22.4. The van der Waals surface area contributed by atoms with Crippen LogP contribution in [-0.4, -0.2) is 23.8 Å². The predicted molar refractivity (Wildman–Crippen MR) is 60.8 cm³/mol. The molecule has 5 nitrogen and oxygen atoms in total. The molecule has 0 saturated carbocycles. The van der Waals surface area contributed by atoms with E-state index in [4.69, 9.17) is 4.74 Å². The lowest BCUT2D eigenvalue weighted by atomic mass is 10.2. The molecule has 0 bridgehead atoms. The maximum absolute atomic E-state index is 11.6. The van der Waals surface area contributed by atoms with Gasteiger partial charge >= 0.3 is 5.97 Å². The maximum atomic E-state index is 11.6. The van der Waals surface area contributed by atoms with E-state index in [0.29, 0.717) is 4.90 Å². The average Bonchev–Trinajstić information content (AvgIpc) is 2.28. The molecule has 0 aliphatic heterocycles. The van der Waals surface area contributed by atoms with E-state index in [0.717, 1.165) is 0 Å². The zero-order valence-corrected chi connectivity index (χ0v) is 9.74. The number of nitro groups is 1. The van der Waals surface area contributed by atoms with Crippen LogP contribution in [0, 0.1) is 10.1 Å². The second-order valence-electron chi connectivity index (χ2n) is 2.83. The molecule has 0 saturated heterocycles. The van der Waals surface area contributed by atoms with Crippen LogP contribution in [0.2, 0.25) is 0 Å². The van der Waals surface area contributed by atoms with Gasteiger partial charge in [-0.3, -0.25) is 10.1 Å². The minimum absolute atomic E-state index is 0.0295. The predicted octanol–water partition coefficient (Wildman–Crippen LogP) is 2.49. The highest BCUT2D eigenvalue weighted by molar-refractivity contribution is 7.98. The standard InChI is InChI=1S/C10H11NO4S/c1-3-15-10(12)9-7(11(13)14)5-4-6-8(9)16-2/h4-6H,3H2,1-2H3. The Morgan fingerprint density at radius 2 is 2.25 bits per heavy atom. The number of hydrogen-bond acceptors (Lipinski definition) is 5. The van der Waals surface area contributed by atoms with Crippen molar-refractivity contribution in [2.75, 3.05) is 12.9 Å². The molecule has 0 radical (unpaired) electrons. The molecule has 0 atom stereocenters. The number of rotatable bonds is 4. The van der Waals surface area contributed by atoms with Gasteiger partial charge in [-0.15, -0.1) is 11.8 Å². The highest BCUT2D eigenvalue weighted by atomic mass is 32.2. The van der Waals surface area contributed by atoms with E-state index in [2.05, 4.69) is 0 Å². The van der Waals surface area contributed by atoms with Gasteiger partial charge in [-0.25, -0.2) is 4.79 Å². The highest BCUT2D eigenvalue weighted by Crippen LogP contribution is 2.29. The van der Waals surface area contributed by atoms with Gasteiger partial charge < -0.3 is 4.74 Å². The van der Waals surface area contributed by atoms with E-state index in [-0.39, 0.29) is 17.9 Å². The number of esters is 1. The van der Waals surface area contributed by atoms with Crippen LogP contribution in [0.25, 0.3) is 0 Å². The number of nitrogens with zero attached hydrogens (tertiary/aromatic N) is 1. The van der Waals surface area contributed by atoms with Crippen molar-refractivity contribution in [1.82, 2.24) is 0 Å². The summed E-state index contributed by atoms with van der Waals surface area (Å²) in [6.07, 6.45) is 1.75. The van der Waals surface area contributed by atoms with Gasteiger partial charge in [-0.05, 0) is 19.2 Å². The minimum Gasteiger partial charge on any atom is -0.462 e. The number of thioether (sulfide) groups is 1. The summed E-state index contributed by atoms with van der Waals surface area (Å²) >= 11 is 1.28. The summed E-state index contributed by atoms with van der Waals surface area (Å²) in [6.45, 7) is 1.85. The summed E-state index contributed by atoms with van der Waals surface area (Å²) in [5, 5.41) is 10.8. The lowest BCUT2D eigenvalue weighted by Crippen LogP contribution is -2.09. The monoisotopic (exact) mass is 241 g/mol. The van der Waals surface area contributed by atoms with E-state index < -0.39 is 10.9 Å². The maximum Gasteiger partial charge on any atom is 0.346 e. The molecule has 16 heavy (non-hydrogen) atoms. The van der Waals surface area contributed by atoms with Crippen molar-refractivity contribution in [3.8, 4) is 0 Å². The molecule has 0 spiro atoms. The molecule has 1 aromatic rings. The number of ether oxygens (including phenoxy) is 1.